The van der Waals surface area contributed by atoms with Crippen molar-refractivity contribution in [3.05, 3.63) is 29.8 Å². The van der Waals surface area contributed by atoms with E-state index < -0.39 is 11.7 Å². The first-order valence-corrected chi connectivity index (χ1v) is 7.81. The average Bonchev–Trinajstić information content (AvgIpc) is 2.42. The summed E-state index contributed by atoms with van der Waals surface area (Å²) in [5, 5.41) is 5.68. The summed E-state index contributed by atoms with van der Waals surface area (Å²) < 4.78 is 5.13. The predicted octanol–water partition coefficient (Wildman–Crippen LogP) is 3.06. The molecule has 0 saturated heterocycles. The highest BCUT2D eigenvalue weighted by atomic mass is 16.6. The molecule has 1 aromatic rings. The van der Waals surface area contributed by atoms with Crippen LogP contribution in [0.2, 0.25) is 0 Å². The number of guanidine groups is 1. The smallest absolute Gasteiger partial charge is 0.407 e. The van der Waals surface area contributed by atoms with Crippen LogP contribution >= 0.6 is 0 Å². The number of ether oxygens (including phenoxy) is 1. The van der Waals surface area contributed by atoms with Crippen molar-refractivity contribution in [2.75, 3.05) is 18.4 Å². The van der Waals surface area contributed by atoms with Crippen LogP contribution in [0.3, 0.4) is 0 Å². The Morgan fingerprint density at radius 2 is 2.04 bits per heavy atom. The van der Waals surface area contributed by atoms with Crippen LogP contribution in [-0.2, 0) is 4.74 Å². The molecule has 0 unspecified atom stereocenters. The van der Waals surface area contributed by atoms with Crippen LogP contribution in [0.1, 0.15) is 46.1 Å². The number of hydrogen-bond donors (Lipinski definition) is 3. The molecule has 1 amide bonds. The quantitative estimate of drug-likeness (QED) is 0.442. The molecule has 0 heterocycles. The van der Waals surface area contributed by atoms with Crippen molar-refractivity contribution in [1.82, 2.24) is 5.32 Å². The Bertz CT molecular complexity index is 548. The van der Waals surface area contributed by atoms with E-state index in [1.54, 1.807) is 0 Å². The van der Waals surface area contributed by atoms with Gasteiger partial charge in [-0.2, -0.15) is 0 Å². The molecule has 6 nitrogen and oxygen atoms in total. The van der Waals surface area contributed by atoms with Crippen LogP contribution in [0.15, 0.2) is 29.3 Å². The molecule has 0 aliphatic heterocycles. The molecule has 0 bridgehead atoms. The number of benzene rings is 1. The maximum atomic E-state index is 11.5. The molecule has 0 aliphatic rings. The Morgan fingerprint density at radius 1 is 1.35 bits per heavy atom. The lowest BCUT2D eigenvalue weighted by atomic mass is 10.0. The van der Waals surface area contributed by atoms with Gasteiger partial charge in [0.1, 0.15) is 5.60 Å². The summed E-state index contributed by atoms with van der Waals surface area (Å²) >= 11 is 0. The van der Waals surface area contributed by atoms with E-state index >= 15 is 0 Å². The van der Waals surface area contributed by atoms with Gasteiger partial charge in [0.2, 0.25) is 0 Å². The van der Waals surface area contributed by atoms with Gasteiger partial charge in [-0.05, 0) is 44.4 Å². The molecular formula is C17H28N4O2. The molecule has 0 aromatic heterocycles. The van der Waals surface area contributed by atoms with Gasteiger partial charge >= 0.3 is 6.09 Å². The molecule has 128 valence electrons. The van der Waals surface area contributed by atoms with Crippen LogP contribution in [0.25, 0.3) is 0 Å². The summed E-state index contributed by atoms with van der Waals surface area (Å²) in [6.45, 7) is 10.5. The number of nitrogens with one attached hydrogen (secondary N) is 2. The molecule has 4 N–H and O–H groups in total. The fourth-order valence-electron chi connectivity index (χ4n) is 1.81. The highest BCUT2D eigenvalue weighted by Crippen LogP contribution is 2.18. The number of nitrogens with two attached hydrogens (primary N) is 1. The van der Waals surface area contributed by atoms with Crippen LogP contribution in [0.5, 0.6) is 0 Å². The third-order valence-electron chi connectivity index (χ3n) is 2.89. The largest absolute Gasteiger partial charge is 0.444 e. The maximum absolute atomic E-state index is 11.5. The SMILES string of the molecule is CC(C)c1cccc(NC(N)=NCCNC(=O)OC(C)(C)C)c1. The Labute approximate surface area is 138 Å². The summed E-state index contributed by atoms with van der Waals surface area (Å²) in [6.07, 6.45) is -0.455. The van der Waals surface area contributed by atoms with E-state index in [9.17, 15) is 4.79 Å². The van der Waals surface area contributed by atoms with Gasteiger partial charge < -0.3 is 21.1 Å². The fourth-order valence-corrected chi connectivity index (χ4v) is 1.81. The first kappa shape index (κ1) is 18.8. The van der Waals surface area contributed by atoms with Gasteiger partial charge in [-0.15, -0.1) is 0 Å². The molecule has 1 rings (SSSR count). The summed E-state index contributed by atoms with van der Waals surface area (Å²) in [4.78, 5) is 15.6. The molecule has 23 heavy (non-hydrogen) atoms. The van der Waals surface area contributed by atoms with Crippen molar-refractivity contribution in [2.45, 2.75) is 46.1 Å². The Kier molecular flexibility index (Phi) is 6.88. The Hall–Kier alpha value is -2.24. The molecule has 0 radical (unpaired) electrons. The fraction of sp³-hybridized carbons (Fsp3) is 0.529. The van der Waals surface area contributed by atoms with Crippen molar-refractivity contribution in [3.8, 4) is 0 Å². The van der Waals surface area contributed by atoms with Gasteiger partial charge in [0, 0.05) is 12.2 Å². The lowest BCUT2D eigenvalue weighted by Crippen LogP contribution is -2.34. The number of aliphatic imine (C=N–C) groups is 1. The molecular weight excluding hydrogens is 292 g/mol. The zero-order valence-corrected chi connectivity index (χ0v) is 14.6. The maximum Gasteiger partial charge on any atom is 0.407 e. The van der Waals surface area contributed by atoms with Gasteiger partial charge in [0.05, 0.1) is 6.54 Å². The molecule has 6 heteroatoms. The minimum Gasteiger partial charge on any atom is -0.444 e. The molecule has 0 fully saturated rings. The van der Waals surface area contributed by atoms with Crippen molar-refractivity contribution >= 4 is 17.7 Å². The molecule has 0 aliphatic carbocycles. The Balaban J connectivity index is 2.40. The van der Waals surface area contributed by atoms with Crippen molar-refractivity contribution < 1.29 is 9.53 Å². The number of carbonyl (C=O) groups is 1. The number of hydrogen-bond acceptors (Lipinski definition) is 3. The lowest BCUT2D eigenvalue weighted by molar-refractivity contribution is 0.0529. The second-order valence-corrected chi connectivity index (χ2v) is 6.60. The predicted molar refractivity (Wildman–Crippen MR) is 94.9 cm³/mol. The van der Waals surface area contributed by atoms with E-state index in [4.69, 9.17) is 10.5 Å². The third kappa shape index (κ3) is 8.09. The summed E-state index contributed by atoms with van der Waals surface area (Å²) in [7, 11) is 0. The average molecular weight is 320 g/mol. The van der Waals surface area contributed by atoms with E-state index in [0.717, 1.165) is 5.69 Å². The number of rotatable bonds is 5. The van der Waals surface area contributed by atoms with Crippen LogP contribution in [0.4, 0.5) is 10.5 Å². The standard InChI is InChI=1S/C17H28N4O2/c1-12(2)13-7-6-8-14(11-13)21-15(18)19-9-10-20-16(22)23-17(3,4)5/h6-8,11-12H,9-10H2,1-5H3,(H,20,22)(H3,18,19,21). The monoisotopic (exact) mass is 320 g/mol. The number of carbonyl (C=O) groups excluding carboxylic acids is 1. The van der Waals surface area contributed by atoms with Crippen LogP contribution in [0, 0.1) is 0 Å². The van der Waals surface area contributed by atoms with Crippen molar-refractivity contribution in [3.63, 3.8) is 0 Å². The highest BCUT2D eigenvalue weighted by Gasteiger charge is 2.15. The van der Waals surface area contributed by atoms with Gasteiger partial charge in [0.25, 0.3) is 0 Å². The lowest BCUT2D eigenvalue weighted by Gasteiger charge is -2.19. The first-order valence-electron chi connectivity index (χ1n) is 7.81. The highest BCUT2D eigenvalue weighted by molar-refractivity contribution is 5.92. The van der Waals surface area contributed by atoms with Crippen LogP contribution < -0.4 is 16.4 Å². The topological polar surface area (TPSA) is 88.7 Å². The number of alkyl carbamates (subject to hydrolysis) is 1. The van der Waals surface area contributed by atoms with Crippen molar-refractivity contribution in [2.24, 2.45) is 10.7 Å². The van der Waals surface area contributed by atoms with E-state index in [1.165, 1.54) is 5.56 Å². The summed E-state index contributed by atoms with van der Waals surface area (Å²) in [6, 6.07) is 8.04. The normalized spacial score (nSPS) is 12.2. The third-order valence-corrected chi connectivity index (χ3v) is 2.89. The van der Waals surface area contributed by atoms with Gasteiger partial charge in [-0.3, -0.25) is 4.99 Å². The van der Waals surface area contributed by atoms with Gasteiger partial charge in [-0.1, -0.05) is 26.0 Å². The zero-order valence-electron chi connectivity index (χ0n) is 14.6. The summed E-state index contributed by atoms with van der Waals surface area (Å²) in [5.41, 5.74) is 7.47. The first-order chi connectivity index (χ1) is 10.7. The zero-order chi connectivity index (χ0) is 17.5. The van der Waals surface area contributed by atoms with E-state index in [-0.39, 0.29) is 0 Å². The molecule has 0 saturated carbocycles. The minimum atomic E-state index is -0.505. The number of nitrogens with zero attached hydrogens (tertiary/aromatic N) is 1. The van der Waals surface area contributed by atoms with Gasteiger partial charge in [0.15, 0.2) is 5.96 Å². The number of anilines is 1. The number of amides is 1. The van der Waals surface area contributed by atoms with Crippen molar-refractivity contribution in [1.29, 1.82) is 0 Å². The van der Waals surface area contributed by atoms with E-state index in [0.29, 0.717) is 25.0 Å². The molecule has 0 spiro atoms. The van der Waals surface area contributed by atoms with Crippen LogP contribution in [-0.4, -0.2) is 30.7 Å². The second-order valence-electron chi connectivity index (χ2n) is 6.60. The molecule has 1 aromatic carbocycles. The summed E-state index contributed by atoms with van der Waals surface area (Å²) in [5.74, 6) is 0.768. The minimum absolute atomic E-state index is 0.317. The second kappa shape index (κ2) is 8.41. The van der Waals surface area contributed by atoms with E-state index in [1.807, 2.05) is 39.0 Å². The molecule has 0 atom stereocenters. The van der Waals surface area contributed by atoms with E-state index in [2.05, 4.69) is 35.5 Å². The Morgan fingerprint density at radius 3 is 2.65 bits per heavy atom. The van der Waals surface area contributed by atoms with Gasteiger partial charge in [-0.25, -0.2) is 4.79 Å².